The molecule has 6 heteroatoms. The third-order valence-corrected chi connectivity index (χ3v) is 4.16. The van der Waals surface area contributed by atoms with Gasteiger partial charge in [-0.25, -0.2) is 4.79 Å². The Morgan fingerprint density at radius 2 is 2.16 bits per heavy atom. The number of methoxy groups -OCH3 is 1. The Bertz CT molecular complexity index is 696. The molecule has 0 saturated carbocycles. The molecule has 0 aliphatic carbocycles. The van der Waals surface area contributed by atoms with E-state index in [0.29, 0.717) is 26.2 Å². The highest BCUT2D eigenvalue weighted by atomic mass is 16.5. The van der Waals surface area contributed by atoms with Crippen LogP contribution in [0.15, 0.2) is 30.6 Å². The first-order chi connectivity index (χ1) is 12.0. The van der Waals surface area contributed by atoms with E-state index in [-0.39, 0.29) is 6.03 Å². The fourth-order valence-corrected chi connectivity index (χ4v) is 2.66. The number of aryl methyl sites for hydroxylation is 3. The lowest BCUT2D eigenvalue weighted by Gasteiger charge is -2.22. The van der Waals surface area contributed by atoms with Crippen molar-refractivity contribution in [3.63, 3.8) is 0 Å². The van der Waals surface area contributed by atoms with E-state index < -0.39 is 0 Å². The number of rotatable bonds is 8. The molecule has 6 nitrogen and oxygen atoms in total. The Hall–Kier alpha value is -2.34. The van der Waals surface area contributed by atoms with Crippen LogP contribution in [-0.2, 0) is 24.4 Å². The molecule has 0 atom stereocenters. The second-order valence-corrected chi connectivity index (χ2v) is 6.21. The zero-order valence-electron chi connectivity index (χ0n) is 15.6. The molecule has 1 heterocycles. The van der Waals surface area contributed by atoms with Gasteiger partial charge in [0.1, 0.15) is 0 Å². The number of carbonyl (C=O) groups is 1. The number of aromatic nitrogens is 2. The maximum Gasteiger partial charge on any atom is 0.318 e. The quantitative estimate of drug-likeness (QED) is 0.801. The Kier molecular flexibility index (Phi) is 7.01. The van der Waals surface area contributed by atoms with Gasteiger partial charge >= 0.3 is 6.03 Å². The predicted molar refractivity (Wildman–Crippen MR) is 98.3 cm³/mol. The molecule has 2 aromatic rings. The molecule has 2 amide bonds. The van der Waals surface area contributed by atoms with E-state index in [9.17, 15) is 4.79 Å². The highest BCUT2D eigenvalue weighted by molar-refractivity contribution is 5.74. The van der Waals surface area contributed by atoms with Gasteiger partial charge in [-0.05, 0) is 31.9 Å². The van der Waals surface area contributed by atoms with E-state index in [2.05, 4.69) is 42.5 Å². The summed E-state index contributed by atoms with van der Waals surface area (Å²) in [6, 6.07) is 6.16. The van der Waals surface area contributed by atoms with Gasteiger partial charge in [0.25, 0.3) is 0 Å². The normalized spacial score (nSPS) is 10.7. The summed E-state index contributed by atoms with van der Waals surface area (Å²) in [6.45, 7) is 9.05. The van der Waals surface area contributed by atoms with Gasteiger partial charge in [-0.3, -0.25) is 4.68 Å². The summed E-state index contributed by atoms with van der Waals surface area (Å²) < 4.78 is 7.00. The maximum atomic E-state index is 12.6. The minimum atomic E-state index is -0.0960. The molecule has 2 rings (SSSR count). The van der Waals surface area contributed by atoms with Crippen molar-refractivity contribution in [2.75, 3.05) is 20.3 Å². The van der Waals surface area contributed by atoms with Gasteiger partial charge < -0.3 is 15.0 Å². The standard InChI is InChI=1S/C19H28N4O2/c1-5-23-14-17(11-21-23)13-22(8-9-25-4)19(24)20-12-18-7-6-15(2)10-16(18)3/h6-7,10-11,14H,5,8-9,12-13H2,1-4H3,(H,20,24). The van der Waals surface area contributed by atoms with E-state index in [1.165, 1.54) is 11.1 Å². The van der Waals surface area contributed by atoms with Gasteiger partial charge in [0.2, 0.25) is 0 Å². The lowest BCUT2D eigenvalue weighted by Crippen LogP contribution is -2.41. The zero-order chi connectivity index (χ0) is 18.2. The van der Waals surface area contributed by atoms with Crippen molar-refractivity contribution >= 4 is 6.03 Å². The SMILES string of the molecule is CCn1cc(CN(CCOC)C(=O)NCc2ccc(C)cc2C)cn1. The van der Waals surface area contributed by atoms with Crippen molar-refractivity contribution in [1.29, 1.82) is 0 Å². The summed E-state index contributed by atoms with van der Waals surface area (Å²) in [4.78, 5) is 14.4. The smallest absolute Gasteiger partial charge is 0.318 e. The molecule has 0 spiro atoms. The molecule has 136 valence electrons. The average Bonchev–Trinajstić information content (AvgIpc) is 3.05. The predicted octanol–water partition coefficient (Wildman–Crippen LogP) is 2.88. The molecule has 0 unspecified atom stereocenters. The van der Waals surface area contributed by atoms with Crippen LogP contribution in [0.5, 0.6) is 0 Å². The second kappa shape index (κ2) is 9.22. The number of ether oxygens (including phenoxy) is 1. The van der Waals surface area contributed by atoms with Crippen LogP contribution in [0.3, 0.4) is 0 Å². The number of amides is 2. The maximum absolute atomic E-state index is 12.6. The van der Waals surface area contributed by atoms with Gasteiger partial charge in [-0.1, -0.05) is 23.8 Å². The van der Waals surface area contributed by atoms with Crippen molar-refractivity contribution in [2.45, 2.75) is 40.4 Å². The van der Waals surface area contributed by atoms with Crippen LogP contribution < -0.4 is 5.32 Å². The van der Waals surface area contributed by atoms with Crippen LogP contribution in [0, 0.1) is 13.8 Å². The van der Waals surface area contributed by atoms with Crippen LogP contribution in [0.25, 0.3) is 0 Å². The van der Waals surface area contributed by atoms with Crippen molar-refractivity contribution in [2.24, 2.45) is 0 Å². The number of nitrogens with one attached hydrogen (secondary N) is 1. The molecular weight excluding hydrogens is 316 g/mol. The van der Waals surface area contributed by atoms with Crippen molar-refractivity contribution in [3.8, 4) is 0 Å². The van der Waals surface area contributed by atoms with Crippen LogP contribution >= 0.6 is 0 Å². The lowest BCUT2D eigenvalue weighted by molar-refractivity contribution is 0.146. The van der Waals surface area contributed by atoms with Gasteiger partial charge in [0.05, 0.1) is 19.3 Å². The molecule has 1 aromatic heterocycles. The minimum Gasteiger partial charge on any atom is -0.383 e. The molecule has 1 N–H and O–H groups in total. The number of carbonyl (C=O) groups excluding carboxylic acids is 1. The molecular formula is C19H28N4O2. The monoisotopic (exact) mass is 344 g/mol. The van der Waals surface area contributed by atoms with E-state index in [0.717, 1.165) is 17.7 Å². The van der Waals surface area contributed by atoms with E-state index in [1.54, 1.807) is 18.2 Å². The molecule has 0 saturated heterocycles. The summed E-state index contributed by atoms with van der Waals surface area (Å²) in [6.07, 6.45) is 3.78. The molecule has 0 bridgehead atoms. The number of urea groups is 1. The Morgan fingerprint density at radius 1 is 1.36 bits per heavy atom. The Morgan fingerprint density at radius 3 is 2.80 bits per heavy atom. The topological polar surface area (TPSA) is 59.4 Å². The van der Waals surface area contributed by atoms with Crippen LogP contribution in [0.1, 0.15) is 29.2 Å². The number of hydrogen-bond donors (Lipinski definition) is 1. The highest BCUT2D eigenvalue weighted by Crippen LogP contribution is 2.11. The fourth-order valence-electron chi connectivity index (χ4n) is 2.66. The van der Waals surface area contributed by atoms with Crippen LogP contribution in [0.4, 0.5) is 4.79 Å². The zero-order valence-corrected chi connectivity index (χ0v) is 15.6. The molecule has 0 aliphatic heterocycles. The summed E-state index contributed by atoms with van der Waals surface area (Å²) in [5, 5.41) is 7.28. The average molecular weight is 344 g/mol. The van der Waals surface area contributed by atoms with Crippen molar-refractivity contribution in [3.05, 3.63) is 52.8 Å². The second-order valence-electron chi connectivity index (χ2n) is 6.21. The number of hydrogen-bond acceptors (Lipinski definition) is 3. The third-order valence-electron chi connectivity index (χ3n) is 4.16. The summed E-state index contributed by atoms with van der Waals surface area (Å²) in [7, 11) is 1.64. The first-order valence-electron chi connectivity index (χ1n) is 8.62. The summed E-state index contributed by atoms with van der Waals surface area (Å²) >= 11 is 0. The molecule has 0 aliphatic rings. The first-order valence-corrected chi connectivity index (χ1v) is 8.62. The van der Waals surface area contributed by atoms with Crippen molar-refractivity contribution < 1.29 is 9.53 Å². The summed E-state index contributed by atoms with van der Waals surface area (Å²) in [5.74, 6) is 0. The Balaban J connectivity index is 1.99. The highest BCUT2D eigenvalue weighted by Gasteiger charge is 2.15. The Labute approximate surface area is 149 Å². The first kappa shape index (κ1) is 19.0. The number of nitrogens with zero attached hydrogens (tertiary/aromatic N) is 3. The van der Waals surface area contributed by atoms with Gasteiger partial charge in [0.15, 0.2) is 0 Å². The third kappa shape index (κ3) is 5.60. The van der Waals surface area contributed by atoms with Crippen LogP contribution in [0.2, 0.25) is 0 Å². The fraction of sp³-hybridized carbons (Fsp3) is 0.474. The lowest BCUT2D eigenvalue weighted by atomic mass is 10.1. The largest absolute Gasteiger partial charge is 0.383 e. The number of benzene rings is 1. The van der Waals surface area contributed by atoms with E-state index in [1.807, 2.05) is 17.8 Å². The van der Waals surface area contributed by atoms with Gasteiger partial charge in [-0.15, -0.1) is 0 Å². The van der Waals surface area contributed by atoms with Crippen LogP contribution in [-0.4, -0.2) is 41.0 Å². The summed E-state index contributed by atoms with van der Waals surface area (Å²) in [5.41, 5.74) is 4.55. The van der Waals surface area contributed by atoms with Gasteiger partial charge in [0, 0.05) is 38.5 Å². The van der Waals surface area contributed by atoms with Crippen molar-refractivity contribution in [1.82, 2.24) is 20.0 Å². The van der Waals surface area contributed by atoms with E-state index in [4.69, 9.17) is 4.74 Å². The molecule has 25 heavy (non-hydrogen) atoms. The molecule has 0 radical (unpaired) electrons. The molecule has 1 aromatic carbocycles. The van der Waals surface area contributed by atoms with Gasteiger partial charge in [-0.2, -0.15) is 5.10 Å². The van der Waals surface area contributed by atoms with E-state index >= 15 is 0 Å². The minimum absolute atomic E-state index is 0.0960. The molecule has 0 fully saturated rings.